The van der Waals surface area contributed by atoms with Gasteiger partial charge in [0.15, 0.2) is 0 Å². The van der Waals surface area contributed by atoms with Gasteiger partial charge in [-0.15, -0.1) is 0 Å². The number of hydrogen-bond donors (Lipinski definition) is 1. The Hall–Kier alpha value is -0.860. The van der Waals surface area contributed by atoms with Crippen LogP contribution in [0.1, 0.15) is 18.4 Å². The molecule has 88 valence electrons. The second-order valence-electron chi connectivity index (χ2n) is 4.52. The zero-order valence-corrected chi connectivity index (χ0v) is 9.82. The summed E-state index contributed by atoms with van der Waals surface area (Å²) in [4.78, 5) is 0. The summed E-state index contributed by atoms with van der Waals surface area (Å²) in [6.45, 7) is 4.13. The molecule has 1 heterocycles. The summed E-state index contributed by atoms with van der Waals surface area (Å²) >= 11 is 0. The molecule has 0 bridgehead atoms. The van der Waals surface area contributed by atoms with Gasteiger partial charge in [0.2, 0.25) is 0 Å². The van der Waals surface area contributed by atoms with Crippen LogP contribution in [0.15, 0.2) is 30.3 Å². The Morgan fingerprint density at radius 2 is 2.12 bits per heavy atom. The minimum absolute atomic E-state index is 0.747. The third kappa shape index (κ3) is 3.95. The number of benzene rings is 1. The van der Waals surface area contributed by atoms with Crippen molar-refractivity contribution in [2.75, 3.05) is 26.3 Å². The van der Waals surface area contributed by atoms with Crippen molar-refractivity contribution in [3.63, 3.8) is 0 Å². The van der Waals surface area contributed by atoms with E-state index in [9.17, 15) is 0 Å². The predicted octanol–water partition coefficient (Wildman–Crippen LogP) is 2.25. The molecule has 16 heavy (non-hydrogen) atoms. The Balaban J connectivity index is 1.52. The molecule has 1 atom stereocenters. The molecule has 0 unspecified atom stereocenters. The van der Waals surface area contributed by atoms with Gasteiger partial charge in [0.25, 0.3) is 0 Å². The molecule has 2 nitrogen and oxygen atoms in total. The highest BCUT2D eigenvalue weighted by molar-refractivity contribution is 5.14. The van der Waals surface area contributed by atoms with E-state index in [1.165, 1.54) is 12.0 Å². The molecule has 1 aliphatic rings. The van der Waals surface area contributed by atoms with Gasteiger partial charge >= 0.3 is 0 Å². The van der Waals surface area contributed by atoms with Crippen LogP contribution in [0.25, 0.3) is 0 Å². The molecule has 1 saturated heterocycles. The molecule has 1 fully saturated rings. The Labute approximate surface area is 98.0 Å². The maximum Gasteiger partial charge on any atom is 0.0506 e. The number of rotatable bonds is 6. The van der Waals surface area contributed by atoms with Crippen molar-refractivity contribution in [3.05, 3.63) is 35.9 Å². The molecule has 2 rings (SSSR count). The summed E-state index contributed by atoms with van der Waals surface area (Å²) < 4.78 is 5.70. The van der Waals surface area contributed by atoms with Gasteiger partial charge in [-0.1, -0.05) is 30.3 Å². The SMILES string of the molecule is c1ccc(CCCOC[C@@H]2CCNC2)cc1. The van der Waals surface area contributed by atoms with E-state index >= 15 is 0 Å². The zero-order chi connectivity index (χ0) is 11.1. The van der Waals surface area contributed by atoms with Gasteiger partial charge in [-0.05, 0) is 37.3 Å². The van der Waals surface area contributed by atoms with Crippen LogP contribution in [-0.4, -0.2) is 26.3 Å². The Morgan fingerprint density at radius 3 is 2.88 bits per heavy atom. The van der Waals surface area contributed by atoms with Crippen molar-refractivity contribution in [2.24, 2.45) is 5.92 Å². The fraction of sp³-hybridized carbons (Fsp3) is 0.571. The first kappa shape index (κ1) is 11.6. The summed E-state index contributed by atoms with van der Waals surface area (Å²) in [6.07, 6.45) is 3.53. The minimum Gasteiger partial charge on any atom is -0.381 e. The lowest BCUT2D eigenvalue weighted by Crippen LogP contribution is -2.14. The Bertz CT molecular complexity index is 280. The first-order valence-electron chi connectivity index (χ1n) is 6.27. The van der Waals surface area contributed by atoms with Crippen molar-refractivity contribution in [2.45, 2.75) is 19.3 Å². The topological polar surface area (TPSA) is 21.3 Å². The van der Waals surface area contributed by atoms with Crippen LogP contribution in [0, 0.1) is 5.92 Å². The molecule has 0 aromatic heterocycles. The van der Waals surface area contributed by atoms with Gasteiger partial charge in [-0.2, -0.15) is 0 Å². The van der Waals surface area contributed by atoms with E-state index in [4.69, 9.17) is 4.74 Å². The lowest BCUT2D eigenvalue weighted by atomic mass is 10.1. The molecule has 1 aromatic carbocycles. The summed E-state index contributed by atoms with van der Waals surface area (Å²) in [7, 11) is 0. The summed E-state index contributed by atoms with van der Waals surface area (Å²) in [6, 6.07) is 10.6. The van der Waals surface area contributed by atoms with Gasteiger partial charge < -0.3 is 10.1 Å². The van der Waals surface area contributed by atoms with Gasteiger partial charge in [0, 0.05) is 13.2 Å². The molecule has 0 amide bonds. The highest BCUT2D eigenvalue weighted by atomic mass is 16.5. The fourth-order valence-electron chi connectivity index (χ4n) is 2.13. The van der Waals surface area contributed by atoms with Crippen molar-refractivity contribution in [3.8, 4) is 0 Å². The highest BCUT2D eigenvalue weighted by Gasteiger charge is 2.13. The molecule has 0 aliphatic carbocycles. The Morgan fingerprint density at radius 1 is 1.25 bits per heavy atom. The molecule has 2 heteroatoms. The minimum atomic E-state index is 0.747. The van der Waals surface area contributed by atoms with E-state index in [-0.39, 0.29) is 0 Å². The van der Waals surface area contributed by atoms with Crippen LogP contribution in [0.4, 0.5) is 0 Å². The maximum atomic E-state index is 5.70. The van der Waals surface area contributed by atoms with Crippen molar-refractivity contribution >= 4 is 0 Å². The van der Waals surface area contributed by atoms with Crippen LogP contribution in [-0.2, 0) is 11.2 Å². The summed E-state index contributed by atoms with van der Waals surface area (Å²) in [5.41, 5.74) is 1.41. The van der Waals surface area contributed by atoms with Gasteiger partial charge in [0.05, 0.1) is 6.61 Å². The first-order valence-corrected chi connectivity index (χ1v) is 6.27. The van der Waals surface area contributed by atoms with E-state index < -0.39 is 0 Å². The molecule has 1 aromatic rings. The second kappa shape index (κ2) is 6.66. The standard InChI is InChI=1S/C14H21NO/c1-2-5-13(6-3-1)7-4-10-16-12-14-8-9-15-11-14/h1-3,5-6,14-15H,4,7-12H2/t14-/m1/s1. The molecule has 0 spiro atoms. The van der Waals surface area contributed by atoms with Crippen LogP contribution >= 0.6 is 0 Å². The number of nitrogens with one attached hydrogen (secondary N) is 1. The van der Waals surface area contributed by atoms with Gasteiger partial charge in [-0.25, -0.2) is 0 Å². The monoisotopic (exact) mass is 219 g/mol. The molecule has 0 saturated carbocycles. The van der Waals surface area contributed by atoms with E-state index in [1.807, 2.05) is 0 Å². The van der Waals surface area contributed by atoms with Crippen LogP contribution in [0.2, 0.25) is 0 Å². The third-order valence-corrected chi connectivity index (χ3v) is 3.11. The quantitative estimate of drug-likeness (QED) is 0.741. The highest BCUT2D eigenvalue weighted by Crippen LogP contribution is 2.08. The van der Waals surface area contributed by atoms with E-state index in [0.29, 0.717) is 0 Å². The lowest BCUT2D eigenvalue weighted by Gasteiger charge is -2.09. The van der Waals surface area contributed by atoms with E-state index in [2.05, 4.69) is 35.6 Å². The molecule has 0 radical (unpaired) electrons. The smallest absolute Gasteiger partial charge is 0.0506 e. The number of ether oxygens (including phenoxy) is 1. The van der Waals surface area contributed by atoms with Gasteiger partial charge in [-0.3, -0.25) is 0 Å². The molecule has 1 aliphatic heterocycles. The largest absolute Gasteiger partial charge is 0.381 e. The number of hydrogen-bond acceptors (Lipinski definition) is 2. The normalized spacial score (nSPS) is 20.1. The van der Waals surface area contributed by atoms with Gasteiger partial charge in [0.1, 0.15) is 0 Å². The average molecular weight is 219 g/mol. The molecule has 1 N–H and O–H groups in total. The Kier molecular flexibility index (Phi) is 4.84. The second-order valence-corrected chi connectivity index (χ2v) is 4.52. The summed E-state index contributed by atoms with van der Waals surface area (Å²) in [5.74, 6) is 0.747. The zero-order valence-electron chi connectivity index (χ0n) is 9.82. The predicted molar refractivity (Wildman–Crippen MR) is 66.6 cm³/mol. The average Bonchev–Trinajstić information content (AvgIpc) is 2.83. The maximum absolute atomic E-state index is 5.70. The lowest BCUT2D eigenvalue weighted by molar-refractivity contribution is 0.103. The van der Waals surface area contributed by atoms with Crippen LogP contribution < -0.4 is 5.32 Å². The van der Waals surface area contributed by atoms with Crippen LogP contribution in [0.5, 0.6) is 0 Å². The van der Waals surface area contributed by atoms with Crippen LogP contribution in [0.3, 0.4) is 0 Å². The van der Waals surface area contributed by atoms with Crippen molar-refractivity contribution in [1.29, 1.82) is 0 Å². The van der Waals surface area contributed by atoms with Crippen molar-refractivity contribution < 1.29 is 4.74 Å². The third-order valence-electron chi connectivity index (χ3n) is 3.11. The fourth-order valence-corrected chi connectivity index (χ4v) is 2.13. The van der Waals surface area contributed by atoms with Crippen molar-refractivity contribution in [1.82, 2.24) is 5.32 Å². The first-order chi connectivity index (χ1) is 7.95. The van der Waals surface area contributed by atoms with E-state index in [0.717, 1.165) is 45.1 Å². The summed E-state index contributed by atoms with van der Waals surface area (Å²) in [5, 5.41) is 3.36. The molecular formula is C14H21NO. The van der Waals surface area contributed by atoms with E-state index in [1.54, 1.807) is 0 Å². The molecular weight excluding hydrogens is 198 g/mol. The number of aryl methyl sites for hydroxylation is 1.